The molecular formula is C85H63F24N2O+. The molecule has 0 unspecified atom stereocenters. The van der Waals surface area contributed by atoms with Crippen LogP contribution in [0.4, 0.5) is 111 Å². The summed E-state index contributed by atoms with van der Waals surface area (Å²) >= 11 is 0. The maximum absolute atomic E-state index is 14.9. The lowest BCUT2D eigenvalue weighted by Gasteiger charge is -2.46. The molecule has 3 nitrogen and oxygen atoms in total. The number of halogens is 24. The van der Waals surface area contributed by atoms with Gasteiger partial charge >= 0.3 is 49.4 Å². The number of fused-ring (bicyclic) bond motifs is 7. The molecule has 0 saturated carbocycles. The van der Waals surface area contributed by atoms with Crippen LogP contribution in [-0.4, -0.2) is 37.8 Å². The normalized spacial score (nSPS) is 14.9. The topological polar surface area (TPSA) is 12.5 Å². The van der Waals surface area contributed by atoms with Crippen LogP contribution < -0.4 is 9.64 Å². The van der Waals surface area contributed by atoms with Crippen molar-refractivity contribution in [3.8, 4) is 83.6 Å². The molecule has 0 radical (unpaired) electrons. The van der Waals surface area contributed by atoms with Crippen molar-refractivity contribution in [2.45, 2.75) is 115 Å². The molecule has 0 aromatic heterocycles. The second-order valence-electron chi connectivity index (χ2n) is 30.4. The van der Waals surface area contributed by atoms with E-state index in [0.29, 0.717) is 75.8 Å². The monoisotopic (exact) mass is 1580 g/mol. The number of methoxy groups -OCH3 is 1. The predicted molar refractivity (Wildman–Crippen MR) is 380 cm³/mol. The van der Waals surface area contributed by atoms with E-state index in [2.05, 4.69) is 4.90 Å². The summed E-state index contributed by atoms with van der Waals surface area (Å²) in [6, 6.07) is 28.2. The lowest BCUT2D eigenvalue weighted by Crippen LogP contribution is -2.58. The third-order valence-electron chi connectivity index (χ3n) is 20.7. The van der Waals surface area contributed by atoms with Crippen molar-refractivity contribution in [1.29, 1.82) is 0 Å². The summed E-state index contributed by atoms with van der Waals surface area (Å²) in [5.41, 5.74) is -18.2. The van der Waals surface area contributed by atoms with E-state index < -0.39 is 149 Å². The minimum absolute atomic E-state index is 0.0595. The summed E-state index contributed by atoms with van der Waals surface area (Å²) in [6.07, 6.45) is -43.9. The van der Waals surface area contributed by atoms with E-state index in [0.717, 1.165) is 53.2 Å². The molecule has 0 atom stereocenters. The van der Waals surface area contributed by atoms with Gasteiger partial charge in [0.15, 0.2) is 0 Å². The molecule has 13 rings (SSSR count). The number of piperazine rings is 1. The van der Waals surface area contributed by atoms with Crippen LogP contribution in [0.3, 0.4) is 0 Å². The van der Waals surface area contributed by atoms with Crippen molar-refractivity contribution >= 4 is 27.2 Å². The first-order valence-electron chi connectivity index (χ1n) is 34.6. The molecule has 0 bridgehead atoms. The highest BCUT2D eigenvalue weighted by atomic mass is 19.4. The maximum atomic E-state index is 14.9. The number of hydrogen-bond donors (Lipinski definition) is 0. The highest BCUT2D eigenvalue weighted by Gasteiger charge is 2.46. The molecule has 112 heavy (non-hydrogen) atoms. The fraction of sp³-hybridized carbons (Fsp3) is 0.271. The van der Waals surface area contributed by atoms with Crippen LogP contribution in [0.25, 0.3) is 99.4 Å². The van der Waals surface area contributed by atoms with E-state index in [1.165, 1.54) is 0 Å². The standard InChI is InChI=1S/C85H63F24N2O/c1-76(2,3)71-40-64(41-72(75(71)112-7)77(4,5)6)110-16-18-111(19-17-110)42-69-67(54-22-46(50-26-56(78(86,87)88)36-57(27-50)79(89,90)91)20-47(23-54)51-28-58(80(92,93)94)37-59(29-51)81(95,96)97)34-44-12-8-10-14-65(44)73(69)74-66-15-11-9-13-45(66)35-68(70(74)43-111)55-24-48(52-30-60(82(98,99)100)38-61(31-52)83(101,102)103)21-49(25-55)53-32-62(84(104,105)106)39-63(33-53)85(107,108)109/h8-15,20-41H,16-19,42-43H2,1-7H3/q+1. The van der Waals surface area contributed by atoms with E-state index in [-0.39, 0.29) is 113 Å². The minimum Gasteiger partial charge on any atom is -0.496 e. The van der Waals surface area contributed by atoms with Crippen molar-refractivity contribution in [2.24, 2.45) is 0 Å². The van der Waals surface area contributed by atoms with Gasteiger partial charge in [0.1, 0.15) is 18.8 Å². The Morgan fingerprint density at radius 3 is 0.777 bits per heavy atom. The van der Waals surface area contributed by atoms with Crippen LogP contribution in [0.5, 0.6) is 5.75 Å². The molecule has 0 N–H and O–H groups in total. The molecule has 2 heterocycles. The Morgan fingerprint density at radius 1 is 0.295 bits per heavy atom. The third-order valence-corrected chi connectivity index (χ3v) is 20.7. The van der Waals surface area contributed by atoms with Crippen molar-refractivity contribution < 1.29 is 115 Å². The summed E-state index contributed by atoms with van der Waals surface area (Å²) in [4.78, 5) is 2.09. The lowest BCUT2D eigenvalue weighted by atomic mass is 9.79. The quantitative estimate of drug-likeness (QED) is 0.111. The number of anilines is 1. The minimum atomic E-state index is -5.49. The lowest BCUT2D eigenvalue weighted by molar-refractivity contribution is -0.953. The van der Waals surface area contributed by atoms with E-state index in [1.807, 2.05) is 53.7 Å². The fourth-order valence-corrected chi connectivity index (χ4v) is 15.2. The number of alkyl halides is 24. The Bertz CT molecular complexity index is 4910. The van der Waals surface area contributed by atoms with Gasteiger partial charge in [0.2, 0.25) is 0 Å². The second kappa shape index (κ2) is 27.3. The highest BCUT2D eigenvalue weighted by Crippen LogP contribution is 2.55. The molecule has 1 saturated heterocycles. The van der Waals surface area contributed by atoms with Crippen LogP contribution in [0.1, 0.15) is 108 Å². The first-order chi connectivity index (χ1) is 51.6. The number of benzene rings is 11. The SMILES string of the molecule is COc1c(C(C)(C)C)cc(N2CC[N+]3(CC2)Cc2c(-c4cc(-c5cc(C(F)(F)F)cc(C(F)(F)F)c5)cc(-c5cc(C(F)(F)F)cc(C(F)(F)F)c5)c4)cc4ccccc4c2-c2c(c(-c4cc(-c5cc(C(F)(F)F)cc(C(F)(F)F)c5)cc(-c5cc(C(F)(F)F)cc(C(F)(F)F)c5)c4)cc4ccccc24)C3)cc1C(C)(C)C. The molecule has 2 aliphatic heterocycles. The summed E-state index contributed by atoms with van der Waals surface area (Å²) in [5.74, 6) is 0.620. The summed E-state index contributed by atoms with van der Waals surface area (Å²) < 4.78 is 364. The number of hydrogen-bond acceptors (Lipinski definition) is 2. The average Bonchev–Trinajstić information content (AvgIpc) is 1.44. The van der Waals surface area contributed by atoms with Crippen molar-refractivity contribution in [3.05, 3.63) is 249 Å². The smallest absolute Gasteiger partial charge is 0.416 e. The van der Waals surface area contributed by atoms with Gasteiger partial charge in [-0.15, -0.1) is 0 Å². The molecule has 0 amide bonds. The van der Waals surface area contributed by atoms with Crippen LogP contribution in [0, 0.1) is 0 Å². The Balaban J connectivity index is 1.17. The Kier molecular flexibility index (Phi) is 19.5. The van der Waals surface area contributed by atoms with Gasteiger partial charge in [-0.25, -0.2) is 0 Å². The van der Waals surface area contributed by atoms with Crippen molar-refractivity contribution in [3.63, 3.8) is 0 Å². The summed E-state index contributed by atoms with van der Waals surface area (Å²) in [6.45, 7) is 12.1. The zero-order valence-corrected chi connectivity index (χ0v) is 59.9. The molecule has 586 valence electrons. The summed E-state index contributed by atoms with van der Waals surface area (Å²) in [5, 5.41) is 1.35. The molecule has 2 aliphatic rings. The Labute approximate surface area is 624 Å². The number of nitrogens with zero attached hydrogens (tertiary/aromatic N) is 2. The molecule has 27 heteroatoms. The first-order valence-corrected chi connectivity index (χ1v) is 34.6. The highest BCUT2D eigenvalue weighted by molar-refractivity contribution is 6.12. The van der Waals surface area contributed by atoms with Crippen LogP contribution in [-0.2, 0) is 73.3 Å². The van der Waals surface area contributed by atoms with Gasteiger partial charge in [-0.3, -0.25) is 0 Å². The van der Waals surface area contributed by atoms with Gasteiger partial charge in [-0.05, 0) is 233 Å². The van der Waals surface area contributed by atoms with Gasteiger partial charge in [-0.1, -0.05) is 90.1 Å². The first kappa shape index (κ1) is 79.9. The molecular weight excluding hydrogens is 1520 g/mol. The largest absolute Gasteiger partial charge is 0.496 e. The molecule has 11 aromatic carbocycles. The van der Waals surface area contributed by atoms with E-state index in [4.69, 9.17) is 4.74 Å². The molecule has 11 aromatic rings. The zero-order chi connectivity index (χ0) is 81.7. The molecule has 1 fully saturated rings. The Hall–Kier alpha value is -10.2. The maximum Gasteiger partial charge on any atom is 0.416 e. The van der Waals surface area contributed by atoms with Crippen LogP contribution in [0.15, 0.2) is 182 Å². The van der Waals surface area contributed by atoms with Crippen molar-refractivity contribution in [1.82, 2.24) is 0 Å². The Morgan fingerprint density at radius 2 is 0.536 bits per heavy atom. The van der Waals surface area contributed by atoms with E-state index >= 15 is 0 Å². The second-order valence-corrected chi connectivity index (χ2v) is 30.4. The van der Waals surface area contributed by atoms with Gasteiger partial charge in [0.05, 0.1) is 77.8 Å². The fourth-order valence-electron chi connectivity index (χ4n) is 15.2. The number of quaternary nitrogens is 1. The summed E-state index contributed by atoms with van der Waals surface area (Å²) in [7, 11) is 1.54. The van der Waals surface area contributed by atoms with E-state index in [1.54, 1.807) is 67.8 Å². The average molecular weight is 1580 g/mol. The van der Waals surface area contributed by atoms with Gasteiger partial charge in [-0.2, -0.15) is 105 Å². The molecule has 1 spiro atoms. The van der Waals surface area contributed by atoms with Gasteiger partial charge in [0, 0.05) is 39.1 Å². The number of ether oxygens (including phenoxy) is 1. The zero-order valence-electron chi connectivity index (χ0n) is 59.9. The van der Waals surface area contributed by atoms with Gasteiger partial charge in [0.25, 0.3) is 0 Å². The van der Waals surface area contributed by atoms with Crippen LogP contribution in [0.2, 0.25) is 0 Å². The van der Waals surface area contributed by atoms with Crippen molar-refractivity contribution in [2.75, 3.05) is 38.2 Å². The third kappa shape index (κ3) is 15.9. The van der Waals surface area contributed by atoms with Crippen LogP contribution >= 0.6 is 0 Å². The molecule has 0 aliphatic carbocycles. The van der Waals surface area contributed by atoms with Gasteiger partial charge < -0.3 is 14.1 Å². The van der Waals surface area contributed by atoms with E-state index in [9.17, 15) is 105 Å². The number of rotatable bonds is 8. The predicted octanol–water partition coefficient (Wildman–Crippen LogP) is 27.8.